The number of likely N-dealkylation sites (tertiary alicyclic amines) is 1. The van der Waals surface area contributed by atoms with Gasteiger partial charge in [0.15, 0.2) is 5.82 Å². The molecule has 2 aliphatic carbocycles. The molecule has 5 rings (SSSR count). The number of hydrogen-bond acceptors (Lipinski definition) is 8. The highest BCUT2D eigenvalue weighted by molar-refractivity contribution is 5.38. The van der Waals surface area contributed by atoms with E-state index in [1.54, 1.807) is 14.2 Å². The molecule has 1 aliphatic heterocycles. The molecule has 0 aromatic carbocycles. The van der Waals surface area contributed by atoms with Crippen LogP contribution in [0, 0.1) is 12.3 Å². The maximum Gasteiger partial charge on any atom is 0.178 e. The van der Waals surface area contributed by atoms with Gasteiger partial charge < -0.3 is 14.8 Å². The number of aryl methyl sites for hydroxylation is 1. The normalized spacial score (nSPS) is 31.0. The van der Waals surface area contributed by atoms with Gasteiger partial charge in [-0.05, 0) is 63.0 Å². The summed E-state index contributed by atoms with van der Waals surface area (Å²) in [5.41, 5.74) is 0.452. The predicted octanol–water partition coefficient (Wildman–Crippen LogP) is 3.12. The van der Waals surface area contributed by atoms with Crippen LogP contribution in [-0.4, -0.2) is 82.0 Å². The molecular formula is C25H39N7O2. The zero-order valence-electron chi connectivity index (χ0n) is 21.3. The van der Waals surface area contributed by atoms with E-state index in [1.165, 1.54) is 12.8 Å². The quantitative estimate of drug-likeness (QED) is 0.631. The molecule has 34 heavy (non-hydrogen) atoms. The van der Waals surface area contributed by atoms with Crippen LogP contribution in [0.2, 0.25) is 0 Å². The lowest BCUT2D eigenvalue weighted by atomic mass is 9.73. The predicted molar refractivity (Wildman–Crippen MR) is 130 cm³/mol. The van der Waals surface area contributed by atoms with Crippen molar-refractivity contribution in [3.8, 4) is 5.82 Å². The lowest BCUT2D eigenvalue weighted by molar-refractivity contribution is -0.00461. The zero-order chi connectivity index (χ0) is 23.9. The lowest BCUT2D eigenvalue weighted by Crippen LogP contribution is -2.40. The summed E-state index contributed by atoms with van der Waals surface area (Å²) in [6, 6.07) is 4.45. The molecule has 0 spiro atoms. The number of ether oxygens (including phenoxy) is 2. The Hall–Kier alpha value is -2.10. The maximum absolute atomic E-state index is 5.62. The van der Waals surface area contributed by atoms with Crippen molar-refractivity contribution >= 4 is 5.82 Å². The van der Waals surface area contributed by atoms with Crippen molar-refractivity contribution in [2.24, 2.45) is 5.41 Å². The lowest BCUT2D eigenvalue weighted by Gasteiger charge is -2.40. The standard InChI is InChI=1S/C25H39N7O2/c1-17-26-23(25(3)12-13-25)32(30-17)22-7-6-21(28-29-22)27-18-8-10-24(2,11-9-18)16-31-14-19(33-4)20(15-31)34-5/h6-7,18-20H,8-16H2,1-5H3,(H,27,28)/t18?,19-,20-,24?/m1/s1. The molecule has 3 heterocycles. The van der Waals surface area contributed by atoms with Crippen molar-refractivity contribution in [2.45, 2.75) is 83.0 Å². The molecule has 2 aromatic heterocycles. The van der Waals surface area contributed by atoms with Crippen molar-refractivity contribution in [1.29, 1.82) is 0 Å². The van der Waals surface area contributed by atoms with E-state index in [4.69, 9.17) is 9.47 Å². The van der Waals surface area contributed by atoms with Crippen LogP contribution in [-0.2, 0) is 14.9 Å². The minimum absolute atomic E-state index is 0.124. The topological polar surface area (TPSA) is 90.2 Å². The van der Waals surface area contributed by atoms with Crippen LogP contribution >= 0.6 is 0 Å². The molecule has 2 atom stereocenters. The van der Waals surface area contributed by atoms with E-state index in [1.807, 2.05) is 23.7 Å². The van der Waals surface area contributed by atoms with Crippen LogP contribution in [0.5, 0.6) is 0 Å². The molecule has 2 saturated carbocycles. The average molecular weight is 470 g/mol. The Balaban J connectivity index is 1.15. The molecule has 1 saturated heterocycles. The average Bonchev–Trinajstić information content (AvgIpc) is 3.26. The van der Waals surface area contributed by atoms with Gasteiger partial charge in [0, 0.05) is 45.3 Å². The highest BCUT2D eigenvalue weighted by Gasteiger charge is 2.44. The summed E-state index contributed by atoms with van der Waals surface area (Å²) in [6.07, 6.45) is 7.33. The molecule has 3 aliphatic rings. The van der Waals surface area contributed by atoms with E-state index in [2.05, 4.69) is 44.3 Å². The monoisotopic (exact) mass is 469 g/mol. The van der Waals surface area contributed by atoms with E-state index in [9.17, 15) is 0 Å². The molecule has 0 bridgehead atoms. The Morgan fingerprint density at radius 3 is 2.24 bits per heavy atom. The van der Waals surface area contributed by atoms with Gasteiger partial charge in [-0.2, -0.15) is 4.68 Å². The summed E-state index contributed by atoms with van der Waals surface area (Å²) in [6.45, 7) is 9.62. The summed E-state index contributed by atoms with van der Waals surface area (Å²) in [5, 5.41) is 17.1. The van der Waals surface area contributed by atoms with Crippen LogP contribution in [0.3, 0.4) is 0 Å². The molecule has 0 amide bonds. The largest absolute Gasteiger partial charge is 0.377 e. The van der Waals surface area contributed by atoms with Gasteiger partial charge in [0.05, 0.1) is 12.2 Å². The smallest absolute Gasteiger partial charge is 0.178 e. The Bertz CT molecular complexity index is 968. The fourth-order valence-electron chi connectivity index (χ4n) is 5.66. The molecular weight excluding hydrogens is 430 g/mol. The van der Waals surface area contributed by atoms with Crippen molar-refractivity contribution < 1.29 is 9.47 Å². The number of rotatable bonds is 8. The fourth-order valence-corrected chi connectivity index (χ4v) is 5.66. The summed E-state index contributed by atoms with van der Waals surface area (Å²) in [7, 11) is 3.57. The first-order valence-electron chi connectivity index (χ1n) is 12.6. The van der Waals surface area contributed by atoms with E-state index in [0.29, 0.717) is 11.5 Å². The summed E-state index contributed by atoms with van der Waals surface area (Å²) < 4.78 is 13.1. The van der Waals surface area contributed by atoms with Crippen molar-refractivity contribution in [3.63, 3.8) is 0 Å². The fraction of sp³-hybridized carbons (Fsp3) is 0.760. The van der Waals surface area contributed by atoms with Gasteiger partial charge >= 0.3 is 0 Å². The Morgan fingerprint density at radius 2 is 1.68 bits per heavy atom. The van der Waals surface area contributed by atoms with Crippen molar-refractivity contribution in [3.05, 3.63) is 23.8 Å². The number of anilines is 1. The van der Waals surface area contributed by atoms with E-state index >= 15 is 0 Å². The summed E-state index contributed by atoms with van der Waals surface area (Å²) >= 11 is 0. The second kappa shape index (κ2) is 9.17. The molecule has 0 radical (unpaired) electrons. The molecule has 186 valence electrons. The third-order valence-corrected chi connectivity index (χ3v) is 8.17. The van der Waals surface area contributed by atoms with Gasteiger partial charge in [0.1, 0.15) is 17.5 Å². The summed E-state index contributed by atoms with van der Waals surface area (Å²) in [4.78, 5) is 7.17. The van der Waals surface area contributed by atoms with Crippen LogP contribution in [0.1, 0.15) is 64.0 Å². The van der Waals surface area contributed by atoms with Crippen LogP contribution < -0.4 is 5.32 Å². The van der Waals surface area contributed by atoms with Crippen LogP contribution in [0.15, 0.2) is 12.1 Å². The first-order valence-corrected chi connectivity index (χ1v) is 12.6. The second-order valence-electron chi connectivity index (χ2n) is 11.2. The van der Waals surface area contributed by atoms with E-state index in [-0.39, 0.29) is 17.6 Å². The van der Waals surface area contributed by atoms with Gasteiger partial charge in [-0.25, -0.2) is 4.98 Å². The number of methoxy groups -OCH3 is 2. The van der Waals surface area contributed by atoms with Crippen molar-refractivity contribution in [2.75, 3.05) is 39.2 Å². The van der Waals surface area contributed by atoms with Crippen LogP contribution in [0.25, 0.3) is 5.82 Å². The van der Waals surface area contributed by atoms with Gasteiger partial charge in [-0.15, -0.1) is 15.3 Å². The highest BCUT2D eigenvalue weighted by Crippen LogP contribution is 2.47. The maximum atomic E-state index is 5.62. The van der Waals surface area contributed by atoms with E-state index < -0.39 is 0 Å². The number of nitrogens with zero attached hydrogens (tertiary/aromatic N) is 6. The Labute approximate surface area is 202 Å². The van der Waals surface area contributed by atoms with Gasteiger partial charge in [-0.3, -0.25) is 4.90 Å². The second-order valence-corrected chi connectivity index (χ2v) is 11.2. The van der Waals surface area contributed by atoms with Crippen LogP contribution in [0.4, 0.5) is 5.82 Å². The Morgan fingerprint density at radius 1 is 1.00 bits per heavy atom. The first-order chi connectivity index (χ1) is 16.3. The SMILES string of the molecule is CO[C@@H]1CN(CC2(C)CCC(Nc3ccc(-n4nc(C)nc4C4(C)CC4)nn3)CC2)C[C@H]1OC. The third kappa shape index (κ3) is 4.83. The van der Waals surface area contributed by atoms with Crippen molar-refractivity contribution in [1.82, 2.24) is 29.9 Å². The number of aromatic nitrogens is 5. The van der Waals surface area contributed by atoms with Gasteiger partial charge in [-0.1, -0.05) is 13.8 Å². The molecule has 2 aromatic rings. The minimum Gasteiger partial charge on any atom is -0.377 e. The van der Waals surface area contributed by atoms with E-state index in [0.717, 1.165) is 68.6 Å². The minimum atomic E-state index is 0.124. The molecule has 9 heteroatoms. The Kier molecular flexibility index (Phi) is 6.37. The molecule has 9 nitrogen and oxygen atoms in total. The third-order valence-electron chi connectivity index (χ3n) is 8.17. The molecule has 3 fully saturated rings. The first kappa shape index (κ1) is 23.6. The highest BCUT2D eigenvalue weighted by atomic mass is 16.5. The number of hydrogen-bond donors (Lipinski definition) is 1. The number of nitrogens with one attached hydrogen (secondary N) is 1. The zero-order valence-corrected chi connectivity index (χ0v) is 21.3. The molecule has 0 unspecified atom stereocenters. The van der Waals surface area contributed by atoms with Gasteiger partial charge in [0.2, 0.25) is 0 Å². The summed E-state index contributed by atoms with van der Waals surface area (Å²) in [5.74, 6) is 3.35. The van der Waals surface area contributed by atoms with Gasteiger partial charge in [0.25, 0.3) is 0 Å². The molecule has 1 N–H and O–H groups in total.